The van der Waals surface area contributed by atoms with E-state index < -0.39 is 11.7 Å². The lowest BCUT2D eigenvalue weighted by molar-refractivity contribution is -0.137. The lowest BCUT2D eigenvalue weighted by atomic mass is 10.1. The number of carbonyl (C=O) groups is 2. The Bertz CT molecular complexity index is 1250. The van der Waals surface area contributed by atoms with Crippen LogP contribution in [0, 0.1) is 0 Å². The summed E-state index contributed by atoms with van der Waals surface area (Å²) < 4.78 is 38.6. The second-order valence-corrected chi connectivity index (χ2v) is 8.32. The van der Waals surface area contributed by atoms with Crippen molar-refractivity contribution in [2.24, 2.45) is 0 Å². The lowest BCUT2D eigenvalue weighted by Crippen LogP contribution is -2.48. The van der Waals surface area contributed by atoms with Crippen molar-refractivity contribution in [3.05, 3.63) is 95.6 Å². The molecule has 1 fully saturated rings. The number of nitrogens with zero attached hydrogens (tertiary/aromatic N) is 2. The molecule has 3 aromatic carbocycles. The normalized spacial score (nSPS) is 14.2. The van der Waals surface area contributed by atoms with Gasteiger partial charge in [0.05, 0.1) is 5.56 Å². The lowest BCUT2D eigenvalue weighted by Gasteiger charge is -2.35. The summed E-state index contributed by atoms with van der Waals surface area (Å²) in [6, 6.07) is 18.2. The average Bonchev–Trinajstić information content (AvgIpc) is 2.88. The number of halogens is 3. The molecular formula is C27H24F3N3O3. The summed E-state index contributed by atoms with van der Waals surface area (Å²) in [5.41, 5.74) is 1.54. The van der Waals surface area contributed by atoms with Gasteiger partial charge in [0, 0.05) is 49.2 Å². The van der Waals surface area contributed by atoms with Crippen LogP contribution in [0.4, 0.5) is 24.5 Å². The molecule has 3 aromatic rings. The Kier molecular flexibility index (Phi) is 7.28. The van der Waals surface area contributed by atoms with E-state index in [0.29, 0.717) is 43.0 Å². The minimum absolute atomic E-state index is 0.117. The predicted octanol–water partition coefficient (Wildman–Crippen LogP) is 5.03. The molecule has 4 rings (SSSR count). The quantitative estimate of drug-likeness (QED) is 0.385. The molecule has 6 nitrogen and oxygen atoms in total. The average molecular weight is 496 g/mol. The van der Waals surface area contributed by atoms with Crippen LogP contribution in [0.15, 0.2) is 78.9 Å². The van der Waals surface area contributed by atoms with Crippen LogP contribution in [-0.2, 0) is 11.0 Å². The first-order valence-corrected chi connectivity index (χ1v) is 11.3. The summed E-state index contributed by atoms with van der Waals surface area (Å²) in [4.78, 5) is 28.7. The van der Waals surface area contributed by atoms with E-state index in [0.717, 1.165) is 17.8 Å². The number of alkyl halides is 3. The van der Waals surface area contributed by atoms with E-state index in [1.165, 1.54) is 36.4 Å². The van der Waals surface area contributed by atoms with Crippen molar-refractivity contribution in [1.29, 1.82) is 0 Å². The van der Waals surface area contributed by atoms with Crippen LogP contribution in [0.5, 0.6) is 5.75 Å². The summed E-state index contributed by atoms with van der Waals surface area (Å²) in [5, 5.41) is 12.1. The molecule has 0 atom stereocenters. The van der Waals surface area contributed by atoms with E-state index >= 15 is 0 Å². The van der Waals surface area contributed by atoms with E-state index in [1.54, 1.807) is 29.2 Å². The number of anilines is 2. The van der Waals surface area contributed by atoms with Crippen molar-refractivity contribution < 1.29 is 27.9 Å². The van der Waals surface area contributed by atoms with Gasteiger partial charge in [-0.05, 0) is 72.3 Å². The van der Waals surface area contributed by atoms with Crippen molar-refractivity contribution in [3.8, 4) is 5.75 Å². The number of phenolic OH excluding ortho intramolecular Hbond substituents is 1. The molecule has 1 aliphatic rings. The van der Waals surface area contributed by atoms with Crippen LogP contribution in [0.25, 0.3) is 6.08 Å². The number of hydrogen-bond acceptors (Lipinski definition) is 4. The second kappa shape index (κ2) is 10.6. The maximum Gasteiger partial charge on any atom is 0.416 e. The van der Waals surface area contributed by atoms with Crippen LogP contribution >= 0.6 is 0 Å². The number of piperazine rings is 1. The summed E-state index contributed by atoms with van der Waals surface area (Å²) in [6.07, 6.45) is -1.74. The Morgan fingerprint density at radius 1 is 0.889 bits per heavy atom. The zero-order valence-electron chi connectivity index (χ0n) is 19.2. The monoisotopic (exact) mass is 495 g/mol. The van der Waals surface area contributed by atoms with E-state index in [4.69, 9.17) is 0 Å². The number of aromatic hydroxyl groups is 1. The molecule has 0 spiro atoms. The predicted molar refractivity (Wildman–Crippen MR) is 132 cm³/mol. The highest BCUT2D eigenvalue weighted by Gasteiger charge is 2.30. The molecule has 0 unspecified atom stereocenters. The molecular weight excluding hydrogens is 471 g/mol. The number of carbonyl (C=O) groups excluding carboxylic acids is 2. The molecule has 0 aliphatic carbocycles. The molecule has 0 aromatic heterocycles. The van der Waals surface area contributed by atoms with Gasteiger partial charge in [-0.3, -0.25) is 9.59 Å². The molecule has 1 aliphatic heterocycles. The van der Waals surface area contributed by atoms with Crippen LogP contribution in [0.1, 0.15) is 21.5 Å². The molecule has 2 amide bonds. The van der Waals surface area contributed by atoms with Gasteiger partial charge in [0.15, 0.2) is 0 Å². The number of nitrogens with one attached hydrogen (secondary N) is 1. The largest absolute Gasteiger partial charge is 0.508 e. The number of hydrogen-bond donors (Lipinski definition) is 2. The standard InChI is InChI=1S/C27H24F3N3O3/c28-27(29,30)21-3-1-2-19(18-21)4-13-25(35)33-16-14-32(15-17-33)23-9-5-20(6-10-23)26(36)31-22-7-11-24(34)12-8-22/h1-13,18,34H,14-17H2,(H,31,36)/b13-4+. The van der Waals surface area contributed by atoms with E-state index in [1.807, 2.05) is 12.1 Å². The van der Waals surface area contributed by atoms with Gasteiger partial charge in [-0.15, -0.1) is 0 Å². The summed E-state index contributed by atoms with van der Waals surface area (Å²) in [5.74, 6) is -0.408. The Balaban J connectivity index is 1.30. The van der Waals surface area contributed by atoms with Gasteiger partial charge < -0.3 is 20.2 Å². The summed E-state index contributed by atoms with van der Waals surface area (Å²) in [6.45, 7) is 2.11. The van der Waals surface area contributed by atoms with Crippen molar-refractivity contribution in [2.45, 2.75) is 6.18 Å². The topological polar surface area (TPSA) is 72.9 Å². The SMILES string of the molecule is O=C(Nc1ccc(O)cc1)c1ccc(N2CCN(C(=O)/C=C/c3cccc(C(F)(F)F)c3)CC2)cc1. The third kappa shape index (κ3) is 6.24. The number of amides is 2. The first-order chi connectivity index (χ1) is 17.2. The van der Waals surface area contributed by atoms with E-state index in [9.17, 15) is 27.9 Å². The Hall–Kier alpha value is -4.27. The van der Waals surface area contributed by atoms with Crippen molar-refractivity contribution in [2.75, 3.05) is 36.4 Å². The van der Waals surface area contributed by atoms with E-state index in [2.05, 4.69) is 10.2 Å². The highest BCUT2D eigenvalue weighted by molar-refractivity contribution is 6.04. The first-order valence-electron chi connectivity index (χ1n) is 11.3. The van der Waals surface area contributed by atoms with Crippen LogP contribution < -0.4 is 10.2 Å². The second-order valence-electron chi connectivity index (χ2n) is 8.32. The molecule has 0 saturated carbocycles. The number of rotatable bonds is 5. The summed E-state index contributed by atoms with van der Waals surface area (Å²) in [7, 11) is 0. The van der Waals surface area contributed by atoms with Crippen molar-refractivity contribution >= 4 is 29.3 Å². The molecule has 186 valence electrons. The van der Waals surface area contributed by atoms with Gasteiger partial charge in [0.1, 0.15) is 5.75 Å². The third-order valence-corrected chi connectivity index (χ3v) is 5.84. The van der Waals surface area contributed by atoms with Crippen LogP contribution in [0.2, 0.25) is 0 Å². The minimum Gasteiger partial charge on any atom is -0.508 e. The van der Waals surface area contributed by atoms with Gasteiger partial charge in [0.25, 0.3) is 5.91 Å². The molecule has 1 heterocycles. The fraction of sp³-hybridized carbons (Fsp3) is 0.185. The van der Waals surface area contributed by atoms with Crippen molar-refractivity contribution in [1.82, 2.24) is 4.90 Å². The zero-order valence-corrected chi connectivity index (χ0v) is 19.2. The third-order valence-electron chi connectivity index (χ3n) is 5.84. The highest BCUT2D eigenvalue weighted by atomic mass is 19.4. The Labute approximate surface area is 206 Å². The van der Waals surface area contributed by atoms with Gasteiger partial charge in [-0.1, -0.05) is 12.1 Å². The van der Waals surface area contributed by atoms with Gasteiger partial charge in [-0.2, -0.15) is 13.2 Å². The Morgan fingerprint density at radius 3 is 2.19 bits per heavy atom. The highest BCUT2D eigenvalue weighted by Crippen LogP contribution is 2.29. The minimum atomic E-state index is -4.43. The molecule has 9 heteroatoms. The fourth-order valence-electron chi connectivity index (χ4n) is 3.85. The van der Waals surface area contributed by atoms with Crippen molar-refractivity contribution in [3.63, 3.8) is 0 Å². The molecule has 36 heavy (non-hydrogen) atoms. The van der Waals surface area contributed by atoms with Crippen LogP contribution in [-0.4, -0.2) is 48.0 Å². The fourth-order valence-corrected chi connectivity index (χ4v) is 3.85. The van der Waals surface area contributed by atoms with E-state index in [-0.39, 0.29) is 17.6 Å². The number of phenols is 1. The zero-order chi connectivity index (χ0) is 25.7. The van der Waals surface area contributed by atoms with Gasteiger partial charge in [-0.25, -0.2) is 0 Å². The maximum absolute atomic E-state index is 12.9. The molecule has 0 bridgehead atoms. The van der Waals surface area contributed by atoms with Crippen LogP contribution in [0.3, 0.4) is 0 Å². The number of benzene rings is 3. The maximum atomic E-state index is 12.9. The molecule has 1 saturated heterocycles. The summed E-state index contributed by atoms with van der Waals surface area (Å²) >= 11 is 0. The Morgan fingerprint density at radius 2 is 1.56 bits per heavy atom. The smallest absolute Gasteiger partial charge is 0.416 e. The van der Waals surface area contributed by atoms with Gasteiger partial charge in [0.2, 0.25) is 5.91 Å². The first kappa shape index (κ1) is 24.8. The molecule has 0 radical (unpaired) electrons. The molecule has 2 N–H and O–H groups in total. The van der Waals surface area contributed by atoms with Gasteiger partial charge >= 0.3 is 6.18 Å².